The zero-order valence-corrected chi connectivity index (χ0v) is 13.6. The van der Waals surface area contributed by atoms with Crippen molar-refractivity contribution in [2.75, 3.05) is 14.1 Å². The molecule has 26 heavy (non-hydrogen) atoms. The highest BCUT2D eigenvalue weighted by Gasteiger charge is 2.40. The van der Waals surface area contributed by atoms with E-state index in [1.54, 1.807) is 0 Å². The predicted octanol–water partition coefficient (Wildman–Crippen LogP) is 1.03. The Labute approximate surface area is 146 Å². The van der Waals surface area contributed by atoms with Crippen molar-refractivity contribution in [2.45, 2.75) is 0 Å². The van der Waals surface area contributed by atoms with Crippen LogP contribution in [0.2, 0.25) is 0 Å². The maximum absolute atomic E-state index is 12.6. The van der Waals surface area contributed by atoms with Gasteiger partial charge in [-0.25, -0.2) is 0 Å². The molecule has 124 valence electrons. The van der Waals surface area contributed by atoms with E-state index in [1.165, 1.54) is 26.2 Å². The number of benzene rings is 2. The van der Waals surface area contributed by atoms with E-state index in [-0.39, 0.29) is 44.2 Å². The highest BCUT2D eigenvalue weighted by molar-refractivity contribution is 6.34. The number of nitrogens with zero attached hydrogens (tertiary/aromatic N) is 4. The van der Waals surface area contributed by atoms with Gasteiger partial charge in [-0.3, -0.25) is 29.0 Å². The monoisotopic (exact) mass is 344 g/mol. The molecule has 0 saturated carbocycles. The van der Waals surface area contributed by atoms with Crippen LogP contribution in [0.1, 0.15) is 52.6 Å². The third-order valence-corrected chi connectivity index (χ3v) is 4.75. The number of amides is 4. The first-order valence-electron chi connectivity index (χ1n) is 7.46. The van der Waals surface area contributed by atoms with E-state index in [2.05, 4.69) is 0 Å². The SMILES string of the molecule is CN1C(=O)c2cc(C#N)c3c4c(cc(C#N)c(c24)C1=O)C(=O)N(C)C3=O. The van der Waals surface area contributed by atoms with E-state index < -0.39 is 23.6 Å². The molecule has 0 unspecified atom stereocenters. The zero-order chi connectivity index (χ0) is 18.9. The maximum Gasteiger partial charge on any atom is 0.262 e. The highest BCUT2D eigenvalue weighted by atomic mass is 16.2. The van der Waals surface area contributed by atoms with E-state index in [9.17, 15) is 29.7 Å². The van der Waals surface area contributed by atoms with Gasteiger partial charge in [0, 0.05) is 24.9 Å². The quantitative estimate of drug-likeness (QED) is 0.658. The van der Waals surface area contributed by atoms with Gasteiger partial charge in [0.05, 0.1) is 33.4 Å². The van der Waals surface area contributed by atoms with Crippen LogP contribution >= 0.6 is 0 Å². The zero-order valence-electron chi connectivity index (χ0n) is 13.6. The fourth-order valence-electron chi connectivity index (χ4n) is 3.47. The van der Waals surface area contributed by atoms with Crippen LogP contribution < -0.4 is 0 Å². The fourth-order valence-corrected chi connectivity index (χ4v) is 3.47. The molecule has 2 aliphatic rings. The summed E-state index contributed by atoms with van der Waals surface area (Å²) in [6.45, 7) is 0. The van der Waals surface area contributed by atoms with Crippen molar-refractivity contribution in [3.05, 3.63) is 45.5 Å². The highest BCUT2D eigenvalue weighted by Crippen LogP contribution is 2.40. The molecule has 0 aromatic heterocycles. The molecule has 8 heteroatoms. The van der Waals surface area contributed by atoms with Crippen molar-refractivity contribution in [1.29, 1.82) is 10.5 Å². The van der Waals surface area contributed by atoms with Crippen LogP contribution in [0.25, 0.3) is 10.8 Å². The summed E-state index contributed by atoms with van der Waals surface area (Å²) in [5.41, 5.74) is -0.185. The maximum atomic E-state index is 12.6. The van der Waals surface area contributed by atoms with Crippen molar-refractivity contribution in [2.24, 2.45) is 0 Å². The summed E-state index contributed by atoms with van der Waals surface area (Å²) >= 11 is 0. The van der Waals surface area contributed by atoms with Gasteiger partial charge in [-0.15, -0.1) is 0 Å². The topological polar surface area (TPSA) is 122 Å². The van der Waals surface area contributed by atoms with Gasteiger partial charge >= 0.3 is 0 Å². The second-order valence-corrected chi connectivity index (χ2v) is 6.01. The van der Waals surface area contributed by atoms with Crippen LogP contribution in [-0.2, 0) is 0 Å². The molecular weight excluding hydrogens is 336 g/mol. The number of imide groups is 2. The summed E-state index contributed by atoms with van der Waals surface area (Å²) < 4.78 is 0. The molecule has 4 amide bonds. The lowest BCUT2D eigenvalue weighted by Gasteiger charge is -2.30. The lowest BCUT2D eigenvalue weighted by atomic mass is 9.82. The van der Waals surface area contributed by atoms with Crippen LogP contribution in [0.3, 0.4) is 0 Å². The average molecular weight is 344 g/mol. The van der Waals surface area contributed by atoms with Gasteiger partial charge in [-0.2, -0.15) is 10.5 Å². The molecule has 0 radical (unpaired) electrons. The Morgan fingerprint density at radius 1 is 0.692 bits per heavy atom. The van der Waals surface area contributed by atoms with Crippen molar-refractivity contribution in [1.82, 2.24) is 9.80 Å². The van der Waals surface area contributed by atoms with Gasteiger partial charge in [0.2, 0.25) is 0 Å². The predicted molar refractivity (Wildman–Crippen MR) is 86.2 cm³/mol. The molecule has 0 atom stereocenters. The van der Waals surface area contributed by atoms with E-state index in [0.29, 0.717) is 0 Å². The molecule has 0 aliphatic carbocycles. The first-order chi connectivity index (χ1) is 12.3. The van der Waals surface area contributed by atoms with Gasteiger partial charge in [0.1, 0.15) is 12.1 Å². The number of carbonyl (C=O) groups is 4. The first kappa shape index (κ1) is 15.5. The second kappa shape index (κ2) is 4.74. The summed E-state index contributed by atoms with van der Waals surface area (Å²) in [5.74, 6) is -2.71. The number of hydrogen-bond acceptors (Lipinski definition) is 6. The number of rotatable bonds is 0. The lowest BCUT2D eigenvalue weighted by molar-refractivity contribution is 0.0629. The van der Waals surface area contributed by atoms with Gasteiger partial charge < -0.3 is 0 Å². The Morgan fingerprint density at radius 3 is 1.35 bits per heavy atom. The normalized spacial score (nSPS) is 15.4. The number of hydrogen-bond donors (Lipinski definition) is 0. The first-order valence-corrected chi connectivity index (χ1v) is 7.46. The molecular formula is C18H8N4O4. The summed E-state index contributed by atoms with van der Waals surface area (Å²) in [6.07, 6.45) is 0. The Bertz CT molecular complexity index is 1120. The van der Waals surface area contributed by atoms with Gasteiger partial charge in [0.25, 0.3) is 23.6 Å². The Kier molecular flexibility index (Phi) is 2.82. The molecule has 4 rings (SSSR count). The van der Waals surface area contributed by atoms with E-state index in [1.807, 2.05) is 12.1 Å². The summed E-state index contributed by atoms with van der Waals surface area (Å²) in [7, 11) is 2.54. The lowest BCUT2D eigenvalue weighted by Crippen LogP contribution is -2.41. The van der Waals surface area contributed by atoms with Crippen molar-refractivity contribution in [3.63, 3.8) is 0 Å². The molecule has 0 bridgehead atoms. The summed E-state index contributed by atoms with van der Waals surface area (Å²) in [6, 6.07) is 6.23. The minimum absolute atomic E-state index is 0.0147. The molecule has 0 spiro atoms. The van der Waals surface area contributed by atoms with Crippen LogP contribution in [0, 0.1) is 22.7 Å². The Morgan fingerprint density at radius 2 is 1.04 bits per heavy atom. The molecule has 0 saturated heterocycles. The standard InChI is InChI=1S/C18H8N4O4/c1-21-15(23)9-3-8(6-20)12-14-10(16(24)22(2)18(12)26)4-7(5-19)11(13(9)14)17(21)25/h3-4H,1-2H3. The molecule has 2 aromatic rings. The smallest absolute Gasteiger partial charge is 0.262 e. The van der Waals surface area contributed by atoms with Crippen molar-refractivity contribution >= 4 is 34.4 Å². The minimum Gasteiger partial charge on any atom is -0.277 e. The summed E-state index contributed by atoms with van der Waals surface area (Å²) in [5, 5.41) is 19.1. The van der Waals surface area contributed by atoms with Gasteiger partial charge in [0.15, 0.2) is 0 Å². The van der Waals surface area contributed by atoms with Crippen LogP contribution in [0.15, 0.2) is 12.1 Å². The van der Waals surface area contributed by atoms with Crippen LogP contribution in [0.4, 0.5) is 0 Å². The second-order valence-electron chi connectivity index (χ2n) is 6.01. The molecule has 8 nitrogen and oxygen atoms in total. The Balaban J connectivity index is 2.38. The molecule has 0 fully saturated rings. The van der Waals surface area contributed by atoms with Crippen LogP contribution in [-0.4, -0.2) is 47.5 Å². The van der Waals surface area contributed by atoms with Crippen molar-refractivity contribution in [3.8, 4) is 12.1 Å². The van der Waals surface area contributed by atoms with Crippen molar-refractivity contribution < 1.29 is 19.2 Å². The third kappa shape index (κ3) is 1.55. The molecule has 0 N–H and O–H groups in total. The van der Waals surface area contributed by atoms with E-state index in [0.717, 1.165) is 9.80 Å². The minimum atomic E-state index is -0.694. The van der Waals surface area contributed by atoms with Gasteiger partial charge in [-0.05, 0) is 12.1 Å². The Hall–Kier alpha value is -4.04. The number of carbonyl (C=O) groups excluding carboxylic acids is 4. The number of nitriles is 2. The largest absolute Gasteiger partial charge is 0.277 e. The van der Waals surface area contributed by atoms with Crippen LogP contribution in [0.5, 0.6) is 0 Å². The molecule has 2 heterocycles. The van der Waals surface area contributed by atoms with E-state index in [4.69, 9.17) is 0 Å². The molecule has 2 aliphatic heterocycles. The summed E-state index contributed by atoms with van der Waals surface area (Å²) in [4.78, 5) is 52.1. The average Bonchev–Trinajstić information content (AvgIpc) is 2.65. The van der Waals surface area contributed by atoms with E-state index >= 15 is 0 Å². The van der Waals surface area contributed by atoms with Gasteiger partial charge in [-0.1, -0.05) is 0 Å². The molecule has 2 aromatic carbocycles. The fraction of sp³-hybridized carbons (Fsp3) is 0.111. The third-order valence-electron chi connectivity index (χ3n) is 4.75.